The summed E-state index contributed by atoms with van der Waals surface area (Å²) in [6.07, 6.45) is 2.70. The normalized spacial score (nSPS) is 12.4. The monoisotopic (exact) mass is 222 g/mol. The molecule has 0 aliphatic rings. The standard InChI is InChI=1S/C12H18N2O2/c1-3-10-5-4-6-14-11(10)8-13-7-9(2)12(15)16/h4-6,9,13H,3,7-8H2,1-2H3,(H,15,16). The van der Waals surface area contributed by atoms with Gasteiger partial charge in [0.1, 0.15) is 0 Å². The molecule has 88 valence electrons. The number of nitrogens with zero attached hydrogens (tertiary/aromatic N) is 1. The number of carbonyl (C=O) groups is 1. The van der Waals surface area contributed by atoms with E-state index in [0.717, 1.165) is 12.1 Å². The van der Waals surface area contributed by atoms with Crippen LogP contribution in [0.4, 0.5) is 0 Å². The summed E-state index contributed by atoms with van der Waals surface area (Å²) in [5, 5.41) is 11.8. The fourth-order valence-corrected chi connectivity index (χ4v) is 1.45. The molecule has 4 heteroatoms. The highest BCUT2D eigenvalue weighted by Gasteiger charge is 2.10. The lowest BCUT2D eigenvalue weighted by Gasteiger charge is -2.10. The van der Waals surface area contributed by atoms with Crippen molar-refractivity contribution in [3.63, 3.8) is 0 Å². The molecule has 0 aliphatic carbocycles. The third-order valence-electron chi connectivity index (χ3n) is 2.53. The summed E-state index contributed by atoms with van der Waals surface area (Å²) in [5.74, 6) is -1.14. The molecule has 0 aromatic carbocycles. The number of carboxylic acid groups (broad SMARTS) is 1. The molecule has 1 aromatic heterocycles. The number of hydrogen-bond donors (Lipinski definition) is 2. The van der Waals surface area contributed by atoms with Crippen molar-refractivity contribution >= 4 is 5.97 Å². The molecule has 0 fully saturated rings. The Morgan fingerprint density at radius 2 is 2.38 bits per heavy atom. The minimum absolute atomic E-state index is 0.367. The first kappa shape index (κ1) is 12.6. The zero-order chi connectivity index (χ0) is 12.0. The van der Waals surface area contributed by atoms with Crippen LogP contribution in [-0.4, -0.2) is 22.6 Å². The number of aryl methyl sites for hydroxylation is 1. The van der Waals surface area contributed by atoms with Gasteiger partial charge in [0.05, 0.1) is 11.6 Å². The van der Waals surface area contributed by atoms with Crippen LogP contribution >= 0.6 is 0 Å². The minimum Gasteiger partial charge on any atom is -0.481 e. The largest absolute Gasteiger partial charge is 0.481 e. The molecular formula is C12H18N2O2. The summed E-state index contributed by atoms with van der Waals surface area (Å²) in [5.41, 5.74) is 2.21. The van der Waals surface area contributed by atoms with E-state index in [4.69, 9.17) is 5.11 Å². The second-order valence-corrected chi connectivity index (χ2v) is 3.83. The van der Waals surface area contributed by atoms with Crippen LogP contribution in [0.15, 0.2) is 18.3 Å². The summed E-state index contributed by atoms with van der Waals surface area (Å²) in [4.78, 5) is 14.9. The van der Waals surface area contributed by atoms with Crippen molar-refractivity contribution in [2.75, 3.05) is 6.54 Å². The Morgan fingerprint density at radius 1 is 1.62 bits per heavy atom. The van der Waals surface area contributed by atoms with Gasteiger partial charge in [0.15, 0.2) is 0 Å². The molecule has 1 unspecified atom stereocenters. The van der Waals surface area contributed by atoms with Crippen LogP contribution in [0.25, 0.3) is 0 Å². The molecule has 0 saturated heterocycles. The van der Waals surface area contributed by atoms with Gasteiger partial charge in [-0.3, -0.25) is 9.78 Å². The van der Waals surface area contributed by atoms with Crippen LogP contribution in [-0.2, 0) is 17.8 Å². The van der Waals surface area contributed by atoms with E-state index in [1.165, 1.54) is 5.56 Å². The first-order valence-electron chi connectivity index (χ1n) is 5.51. The Kier molecular flexibility index (Phi) is 4.92. The molecule has 1 rings (SSSR count). The van der Waals surface area contributed by atoms with Gasteiger partial charge in [-0.2, -0.15) is 0 Å². The zero-order valence-corrected chi connectivity index (χ0v) is 9.73. The van der Waals surface area contributed by atoms with Gasteiger partial charge in [-0.05, 0) is 18.1 Å². The fourth-order valence-electron chi connectivity index (χ4n) is 1.45. The van der Waals surface area contributed by atoms with Crippen molar-refractivity contribution in [1.29, 1.82) is 0 Å². The van der Waals surface area contributed by atoms with E-state index in [1.54, 1.807) is 13.1 Å². The molecule has 4 nitrogen and oxygen atoms in total. The van der Waals surface area contributed by atoms with Crippen LogP contribution in [0.2, 0.25) is 0 Å². The van der Waals surface area contributed by atoms with Crippen LogP contribution in [0.5, 0.6) is 0 Å². The molecule has 0 bridgehead atoms. The second kappa shape index (κ2) is 6.23. The smallest absolute Gasteiger partial charge is 0.307 e. The molecule has 0 aliphatic heterocycles. The zero-order valence-electron chi connectivity index (χ0n) is 9.73. The first-order valence-corrected chi connectivity index (χ1v) is 5.51. The highest BCUT2D eigenvalue weighted by Crippen LogP contribution is 2.05. The predicted molar refractivity (Wildman–Crippen MR) is 62.1 cm³/mol. The topological polar surface area (TPSA) is 62.2 Å². The Hall–Kier alpha value is -1.42. The number of pyridine rings is 1. The lowest BCUT2D eigenvalue weighted by atomic mass is 10.1. The molecule has 2 N–H and O–H groups in total. The number of aliphatic carboxylic acids is 1. The Balaban J connectivity index is 2.45. The van der Waals surface area contributed by atoms with Gasteiger partial charge in [0.2, 0.25) is 0 Å². The lowest BCUT2D eigenvalue weighted by molar-refractivity contribution is -0.140. The maximum absolute atomic E-state index is 10.6. The van der Waals surface area contributed by atoms with Gasteiger partial charge in [0, 0.05) is 19.3 Å². The van der Waals surface area contributed by atoms with Crippen molar-refractivity contribution < 1.29 is 9.90 Å². The number of hydrogen-bond acceptors (Lipinski definition) is 3. The summed E-state index contributed by atoms with van der Waals surface area (Å²) in [6, 6.07) is 3.97. The molecule has 16 heavy (non-hydrogen) atoms. The van der Waals surface area contributed by atoms with Gasteiger partial charge in [0.25, 0.3) is 0 Å². The minimum atomic E-state index is -0.774. The number of rotatable bonds is 6. The Labute approximate surface area is 95.7 Å². The summed E-state index contributed by atoms with van der Waals surface area (Å²) >= 11 is 0. The van der Waals surface area contributed by atoms with Crippen LogP contribution in [0.1, 0.15) is 25.1 Å². The van der Waals surface area contributed by atoms with Crippen molar-refractivity contribution in [3.05, 3.63) is 29.6 Å². The van der Waals surface area contributed by atoms with Gasteiger partial charge >= 0.3 is 5.97 Å². The average molecular weight is 222 g/mol. The molecule has 0 radical (unpaired) electrons. The molecule has 1 atom stereocenters. The SMILES string of the molecule is CCc1cccnc1CNCC(C)C(=O)O. The van der Waals surface area contributed by atoms with Gasteiger partial charge < -0.3 is 10.4 Å². The highest BCUT2D eigenvalue weighted by molar-refractivity contribution is 5.69. The maximum atomic E-state index is 10.6. The van der Waals surface area contributed by atoms with Gasteiger partial charge in [-0.15, -0.1) is 0 Å². The average Bonchev–Trinajstić information content (AvgIpc) is 2.29. The Morgan fingerprint density at radius 3 is 3.00 bits per heavy atom. The summed E-state index contributed by atoms with van der Waals surface area (Å²) in [7, 11) is 0. The number of carboxylic acids is 1. The maximum Gasteiger partial charge on any atom is 0.307 e. The van der Waals surface area contributed by atoms with E-state index in [9.17, 15) is 4.79 Å². The van der Waals surface area contributed by atoms with E-state index in [0.29, 0.717) is 13.1 Å². The molecule has 0 spiro atoms. The van der Waals surface area contributed by atoms with Gasteiger partial charge in [-0.1, -0.05) is 19.9 Å². The second-order valence-electron chi connectivity index (χ2n) is 3.83. The van der Waals surface area contributed by atoms with E-state index >= 15 is 0 Å². The van der Waals surface area contributed by atoms with E-state index < -0.39 is 5.97 Å². The fraction of sp³-hybridized carbons (Fsp3) is 0.500. The first-order chi connectivity index (χ1) is 7.65. The van der Waals surface area contributed by atoms with Crippen LogP contribution in [0.3, 0.4) is 0 Å². The van der Waals surface area contributed by atoms with E-state index in [-0.39, 0.29) is 5.92 Å². The molecular weight excluding hydrogens is 204 g/mol. The molecule has 1 heterocycles. The Bertz CT molecular complexity index is 353. The third kappa shape index (κ3) is 3.62. The number of aromatic nitrogens is 1. The van der Waals surface area contributed by atoms with Crippen LogP contribution in [0, 0.1) is 5.92 Å². The van der Waals surface area contributed by atoms with Crippen molar-refractivity contribution in [3.8, 4) is 0 Å². The summed E-state index contributed by atoms with van der Waals surface area (Å²) in [6.45, 7) is 4.87. The lowest BCUT2D eigenvalue weighted by Crippen LogP contribution is -2.26. The highest BCUT2D eigenvalue weighted by atomic mass is 16.4. The predicted octanol–water partition coefficient (Wildman–Crippen LogP) is 1.45. The molecule has 0 saturated carbocycles. The third-order valence-corrected chi connectivity index (χ3v) is 2.53. The van der Waals surface area contributed by atoms with Crippen molar-refractivity contribution in [1.82, 2.24) is 10.3 Å². The molecule has 1 aromatic rings. The van der Waals surface area contributed by atoms with Crippen molar-refractivity contribution in [2.24, 2.45) is 5.92 Å². The van der Waals surface area contributed by atoms with Crippen LogP contribution < -0.4 is 5.32 Å². The number of nitrogens with one attached hydrogen (secondary N) is 1. The molecule has 0 amide bonds. The quantitative estimate of drug-likeness (QED) is 0.764. The van der Waals surface area contributed by atoms with Gasteiger partial charge in [-0.25, -0.2) is 0 Å². The van der Waals surface area contributed by atoms with E-state index in [1.807, 2.05) is 12.1 Å². The summed E-state index contributed by atoms with van der Waals surface area (Å²) < 4.78 is 0. The van der Waals surface area contributed by atoms with E-state index in [2.05, 4.69) is 17.2 Å². The van der Waals surface area contributed by atoms with Crippen molar-refractivity contribution in [2.45, 2.75) is 26.8 Å².